The number of hydrogen-bond acceptors (Lipinski definition) is 5. The van der Waals surface area contributed by atoms with Crippen LogP contribution in [-0.2, 0) is 20.9 Å². The maximum atomic E-state index is 13.7. The van der Waals surface area contributed by atoms with Gasteiger partial charge in [0.15, 0.2) is 0 Å². The molecule has 2 aliphatic rings. The minimum Gasteiger partial charge on any atom is -0.390 e. The van der Waals surface area contributed by atoms with Crippen LogP contribution in [0.2, 0.25) is 0 Å². The van der Waals surface area contributed by atoms with Crippen molar-refractivity contribution in [2.24, 2.45) is 5.92 Å². The lowest BCUT2D eigenvalue weighted by Crippen LogP contribution is -2.75. The summed E-state index contributed by atoms with van der Waals surface area (Å²) in [5.41, 5.74) is 1.47. The Hall–Kier alpha value is -3.01. The molecule has 2 aliphatic heterocycles. The summed E-state index contributed by atoms with van der Waals surface area (Å²) in [6.45, 7) is 10.0. The van der Waals surface area contributed by atoms with Gasteiger partial charge < -0.3 is 15.3 Å². The summed E-state index contributed by atoms with van der Waals surface area (Å²) in [6, 6.07) is 12.7. The number of piperazine rings is 1. The zero-order valence-corrected chi connectivity index (χ0v) is 26.5. The molecule has 0 bridgehead atoms. The van der Waals surface area contributed by atoms with Gasteiger partial charge in [-0.25, -0.2) is 4.39 Å². The average Bonchev–Trinajstić information content (AvgIpc) is 2.98. The first-order valence-corrected chi connectivity index (χ1v) is 15.3. The number of rotatable bonds is 11. The van der Waals surface area contributed by atoms with Crippen LogP contribution in [0, 0.1) is 11.7 Å². The van der Waals surface area contributed by atoms with Gasteiger partial charge in [-0.15, -0.1) is 12.4 Å². The number of carbonyl (C=O) groups is 3. The van der Waals surface area contributed by atoms with E-state index in [0.717, 1.165) is 31.2 Å². The first kappa shape index (κ1) is 34.5. The predicted molar refractivity (Wildman–Crippen MR) is 169 cm³/mol. The van der Waals surface area contributed by atoms with Gasteiger partial charge in [-0.2, -0.15) is 0 Å². The number of benzene rings is 2. The largest absolute Gasteiger partial charge is 0.390 e. The molecule has 2 fully saturated rings. The van der Waals surface area contributed by atoms with Crippen molar-refractivity contribution in [3.8, 4) is 0 Å². The molecular formula is C33H46ClFN4O4. The van der Waals surface area contributed by atoms with Crippen molar-refractivity contribution in [1.82, 2.24) is 15.1 Å². The van der Waals surface area contributed by atoms with Crippen molar-refractivity contribution in [3.05, 3.63) is 59.9 Å². The van der Waals surface area contributed by atoms with E-state index < -0.39 is 17.7 Å². The van der Waals surface area contributed by atoms with E-state index in [4.69, 9.17) is 0 Å². The molecule has 3 amide bonds. The highest BCUT2D eigenvalue weighted by Crippen LogP contribution is 2.35. The number of nitrogens with one attached hydrogen (secondary N) is 1. The quantitative estimate of drug-likeness (QED) is 0.362. The summed E-state index contributed by atoms with van der Waals surface area (Å²) in [4.78, 5) is 45.4. The fraction of sp³-hybridized carbons (Fsp3) is 0.545. The first-order valence-electron chi connectivity index (χ1n) is 15.3. The van der Waals surface area contributed by atoms with Gasteiger partial charge in [0.2, 0.25) is 17.7 Å². The van der Waals surface area contributed by atoms with E-state index in [-0.39, 0.29) is 41.9 Å². The van der Waals surface area contributed by atoms with Gasteiger partial charge in [-0.3, -0.25) is 24.2 Å². The standard InChI is InChI=1S/C33H45FN4O4.ClH/c1-5-8-19-37-31(41)29(30(40)25(6-2)7-3)35-32(42)33(37)17-20-36(21-18-33)22-24-9-13-27(14-10-24)38(23(4)39)28-15-11-26(34)12-16-28;/h9-16,25,29-30,40H,5-8,17-22H2,1-4H3,(H,35,42);1H/t29-,30-;/m1./s1. The molecule has 0 saturated carbocycles. The molecule has 2 aromatic rings. The molecule has 2 N–H and O–H groups in total. The van der Waals surface area contributed by atoms with Crippen LogP contribution in [0.1, 0.15) is 71.8 Å². The first-order chi connectivity index (χ1) is 20.1. The molecule has 1 spiro atoms. The Morgan fingerprint density at radius 1 is 1.02 bits per heavy atom. The molecule has 10 heteroatoms. The second kappa shape index (κ2) is 15.1. The van der Waals surface area contributed by atoms with Gasteiger partial charge in [-0.05, 0) is 67.1 Å². The monoisotopic (exact) mass is 616 g/mol. The zero-order chi connectivity index (χ0) is 30.4. The third-order valence-electron chi connectivity index (χ3n) is 9.05. The van der Waals surface area contributed by atoms with Gasteiger partial charge in [0.25, 0.3) is 0 Å². The van der Waals surface area contributed by atoms with Gasteiger partial charge in [0.05, 0.1) is 6.10 Å². The maximum Gasteiger partial charge on any atom is 0.248 e. The molecule has 43 heavy (non-hydrogen) atoms. The van der Waals surface area contributed by atoms with Gasteiger partial charge in [0.1, 0.15) is 17.4 Å². The lowest BCUT2D eigenvalue weighted by Gasteiger charge is -2.52. The van der Waals surface area contributed by atoms with E-state index in [1.54, 1.807) is 21.9 Å². The minimum absolute atomic E-state index is 0. The second-order valence-electron chi connectivity index (χ2n) is 11.7. The highest BCUT2D eigenvalue weighted by molar-refractivity contribution is 6.00. The smallest absolute Gasteiger partial charge is 0.248 e. The molecule has 2 aromatic carbocycles. The summed E-state index contributed by atoms with van der Waals surface area (Å²) < 4.78 is 13.4. The Morgan fingerprint density at radius 2 is 1.58 bits per heavy atom. The number of nitrogens with zero attached hydrogens (tertiary/aromatic N) is 3. The Morgan fingerprint density at radius 3 is 2.09 bits per heavy atom. The molecular weight excluding hydrogens is 571 g/mol. The summed E-state index contributed by atoms with van der Waals surface area (Å²) in [5, 5.41) is 13.9. The third kappa shape index (κ3) is 7.39. The average molecular weight is 617 g/mol. The van der Waals surface area contributed by atoms with Crippen LogP contribution in [0.3, 0.4) is 0 Å². The summed E-state index contributed by atoms with van der Waals surface area (Å²) in [5.74, 6) is -0.889. The van der Waals surface area contributed by atoms with Crippen LogP contribution in [0.25, 0.3) is 0 Å². The third-order valence-corrected chi connectivity index (χ3v) is 9.05. The molecule has 8 nitrogen and oxygen atoms in total. The topological polar surface area (TPSA) is 93.2 Å². The molecule has 2 saturated heterocycles. The number of halogens is 2. The van der Waals surface area contributed by atoms with Crippen LogP contribution in [-0.4, -0.2) is 69.9 Å². The lowest BCUT2D eigenvalue weighted by atomic mass is 9.79. The molecule has 0 aromatic heterocycles. The molecule has 4 rings (SSSR count). The molecule has 0 unspecified atom stereocenters. The normalized spacial score (nSPS) is 19.2. The Balaban J connectivity index is 0.00000506. The van der Waals surface area contributed by atoms with E-state index in [9.17, 15) is 23.9 Å². The number of carbonyl (C=O) groups excluding carboxylic acids is 3. The number of aliphatic hydroxyl groups is 1. The predicted octanol–water partition coefficient (Wildman–Crippen LogP) is 5.19. The summed E-state index contributed by atoms with van der Waals surface area (Å²) in [6.07, 6.45) is 3.36. The van der Waals surface area contributed by atoms with E-state index in [2.05, 4.69) is 17.1 Å². The van der Waals surface area contributed by atoms with Crippen LogP contribution < -0.4 is 10.2 Å². The number of unbranched alkanes of at least 4 members (excludes halogenated alkanes) is 1. The molecule has 236 valence electrons. The molecule has 0 radical (unpaired) electrons. The Labute approximate surface area is 261 Å². The highest BCUT2D eigenvalue weighted by Gasteiger charge is 2.55. The van der Waals surface area contributed by atoms with Crippen molar-refractivity contribution in [2.75, 3.05) is 24.5 Å². The fourth-order valence-electron chi connectivity index (χ4n) is 6.44. The van der Waals surface area contributed by atoms with E-state index in [0.29, 0.717) is 50.4 Å². The molecule has 0 aliphatic carbocycles. The van der Waals surface area contributed by atoms with E-state index >= 15 is 0 Å². The second-order valence-corrected chi connectivity index (χ2v) is 11.7. The molecule has 2 atom stereocenters. The highest BCUT2D eigenvalue weighted by atomic mass is 35.5. The maximum absolute atomic E-state index is 13.7. The van der Waals surface area contributed by atoms with E-state index in [1.807, 2.05) is 38.1 Å². The molecule has 2 heterocycles. The number of piperidine rings is 1. The number of aliphatic hydroxyl groups excluding tert-OH is 1. The van der Waals surface area contributed by atoms with Crippen LogP contribution in [0.5, 0.6) is 0 Å². The fourth-order valence-corrected chi connectivity index (χ4v) is 6.44. The van der Waals surface area contributed by atoms with Crippen molar-refractivity contribution < 1.29 is 23.9 Å². The number of anilines is 2. The summed E-state index contributed by atoms with van der Waals surface area (Å²) in [7, 11) is 0. The number of hydrogen-bond donors (Lipinski definition) is 2. The SMILES string of the molecule is CCCCN1C(=O)[C@@H]([C@H](O)C(CC)CC)NC(=O)C12CCN(Cc1ccc(N(C(C)=O)c3ccc(F)cc3)cc1)CC2.Cl. The van der Waals surface area contributed by atoms with Gasteiger partial charge in [-0.1, -0.05) is 52.2 Å². The number of likely N-dealkylation sites (tertiary alicyclic amines) is 1. The van der Waals surface area contributed by atoms with Crippen molar-refractivity contribution in [2.45, 2.75) is 90.4 Å². The van der Waals surface area contributed by atoms with Crippen molar-refractivity contribution >= 4 is 41.5 Å². The van der Waals surface area contributed by atoms with Crippen molar-refractivity contribution in [1.29, 1.82) is 0 Å². The minimum atomic E-state index is -0.900. The van der Waals surface area contributed by atoms with Gasteiger partial charge >= 0.3 is 0 Å². The Bertz CT molecular complexity index is 1230. The summed E-state index contributed by atoms with van der Waals surface area (Å²) >= 11 is 0. The Kier molecular flexibility index (Phi) is 12.1. The van der Waals surface area contributed by atoms with Crippen LogP contribution >= 0.6 is 12.4 Å². The lowest BCUT2D eigenvalue weighted by molar-refractivity contribution is -0.165. The number of amides is 3. The van der Waals surface area contributed by atoms with Crippen LogP contribution in [0.15, 0.2) is 48.5 Å². The van der Waals surface area contributed by atoms with E-state index in [1.165, 1.54) is 19.1 Å². The van der Waals surface area contributed by atoms with Crippen molar-refractivity contribution in [3.63, 3.8) is 0 Å². The van der Waals surface area contributed by atoms with Crippen LogP contribution in [0.4, 0.5) is 15.8 Å². The van der Waals surface area contributed by atoms with Gasteiger partial charge in [0, 0.05) is 44.5 Å². The zero-order valence-electron chi connectivity index (χ0n) is 25.7.